The molecule has 4 aliphatic carbocycles. The number of hydrogen-bond acceptors (Lipinski definition) is 4. The summed E-state index contributed by atoms with van der Waals surface area (Å²) in [6, 6.07) is 0. The van der Waals surface area contributed by atoms with Crippen LogP contribution in [0.4, 0.5) is 5.13 Å². The van der Waals surface area contributed by atoms with E-state index in [-0.39, 0.29) is 0 Å². The number of aromatic nitrogens is 1. The summed E-state index contributed by atoms with van der Waals surface area (Å²) in [6.07, 6.45) is 7.45. The SMILES string of the molecule is Nc1nc(OC2C3CC4CC(C3)CC2C4)cs1. The molecule has 2 N–H and O–H groups in total. The molecule has 4 fully saturated rings. The third-order valence-electron chi connectivity index (χ3n) is 4.90. The van der Waals surface area contributed by atoms with Gasteiger partial charge in [-0.3, -0.25) is 0 Å². The van der Waals surface area contributed by atoms with Gasteiger partial charge in [0.05, 0.1) is 5.38 Å². The van der Waals surface area contributed by atoms with E-state index in [1.54, 1.807) is 0 Å². The molecule has 0 spiro atoms. The second kappa shape index (κ2) is 3.61. The predicted molar refractivity (Wildman–Crippen MR) is 68.0 cm³/mol. The quantitative estimate of drug-likeness (QED) is 0.878. The largest absolute Gasteiger partial charge is 0.473 e. The minimum absolute atomic E-state index is 0.421. The number of nitrogen functional groups attached to an aromatic ring is 1. The summed E-state index contributed by atoms with van der Waals surface area (Å²) in [5.41, 5.74) is 5.66. The molecular formula is C13H18N2OS. The number of nitrogens with two attached hydrogens (primary N) is 1. The van der Waals surface area contributed by atoms with Crippen LogP contribution in [0.25, 0.3) is 0 Å². The zero-order valence-electron chi connectivity index (χ0n) is 9.84. The Balaban J connectivity index is 1.54. The van der Waals surface area contributed by atoms with E-state index in [1.165, 1.54) is 43.4 Å². The van der Waals surface area contributed by atoms with Gasteiger partial charge in [0.2, 0.25) is 5.88 Å². The standard InChI is InChI=1S/C13H18N2OS/c14-13-15-11(6-17-13)16-12-9-2-7-1-8(4-9)5-10(12)3-7/h6-10,12H,1-5H2,(H2,14,15). The first-order chi connectivity index (χ1) is 8.28. The molecule has 92 valence electrons. The number of ether oxygens (including phenoxy) is 1. The van der Waals surface area contributed by atoms with Crippen LogP contribution in [-0.2, 0) is 0 Å². The maximum atomic E-state index is 6.13. The minimum atomic E-state index is 0.421. The zero-order chi connectivity index (χ0) is 11.4. The molecule has 0 unspecified atom stereocenters. The maximum absolute atomic E-state index is 6.13. The van der Waals surface area contributed by atoms with Crippen molar-refractivity contribution in [2.24, 2.45) is 23.7 Å². The van der Waals surface area contributed by atoms with Gasteiger partial charge in [-0.2, -0.15) is 4.98 Å². The van der Waals surface area contributed by atoms with Crippen LogP contribution in [-0.4, -0.2) is 11.1 Å². The lowest BCUT2D eigenvalue weighted by atomic mass is 9.55. The second-order valence-electron chi connectivity index (χ2n) is 6.04. The van der Waals surface area contributed by atoms with Crippen LogP contribution in [0.2, 0.25) is 0 Å². The monoisotopic (exact) mass is 250 g/mol. The minimum Gasteiger partial charge on any atom is -0.473 e. The van der Waals surface area contributed by atoms with Crippen molar-refractivity contribution >= 4 is 16.5 Å². The van der Waals surface area contributed by atoms with E-state index in [9.17, 15) is 0 Å². The lowest BCUT2D eigenvalue weighted by Crippen LogP contribution is -2.50. The molecule has 5 rings (SSSR count). The van der Waals surface area contributed by atoms with Gasteiger partial charge >= 0.3 is 0 Å². The van der Waals surface area contributed by atoms with Crippen molar-refractivity contribution in [3.8, 4) is 5.88 Å². The van der Waals surface area contributed by atoms with Crippen LogP contribution in [0.5, 0.6) is 5.88 Å². The van der Waals surface area contributed by atoms with E-state index >= 15 is 0 Å². The molecule has 17 heavy (non-hydrogen) atoms. The van der Waals surface area contributed by atoms with E-state index in [4.69, 9.17) is 10.5 Å². The highest BCUT2D eigenvalue weighted by atomic mass is 32.1. The lowest BCUT2D eigenvalue weighted by molar-refractivity contribution is -0.0802. The summed E-state index contributed by atoms with van der Waals surface area (Å²) in [5, 5.41) is 2.56. The molecule has 1 aromatic heterocycles. The highest BCUT2D eigenvalue weighted by Gasteiger charge is 2.49. The summed E-state index contributed by atoms with van der Waals surface area (Å²) < 4.78 is 6.13. The van der Waals surface area contributed by atoms with Gasteiger partial charge in [-0.05, 0) is 55.8 Å². The van der Waals surface area contributed by atoms with Crippen molar-refractivity contribution in [3.63, 3.8) is 0 Å². The predicted octanol–water partition coefficient (Wildman–Crippen LogP) is 2.93. The van der Waals surface area contributed by atoms with Gasteiger partial charge in [0, 0.05) is 0 Å². The van der Waals surface area contributed by atoms with Crippen molar-refractivity contribution in [2.75, 3.05) is 5.73 Å². The first-order valence-corrected chi connectivity index (χ1v) is 7.53. The molecule has 0 saturated heterocycles. The van der Waals surface area contributed by atoms with Crippen molar-refractivity contribution in [1.82, 2.24) is 4.98 Å². The number of rotatable bonds is 2. The molecule has 0 atom stereocenters. The van der Waals surface area contributed by atoms with Crippen LogP contribution in [0.15, 0.2) is 5.38 Å². The molecule has 3 nitrogen and oxygen atoms in total. The first kappa shape index (κ1) is 10.2. The Bertz CT molecular complexity index is 403. The number of thiazole rings is 1. The van der Waals surface area contributed by atoms with Gasteiger partial charge in [-0.15, -0.1) is 11.3 Å². The molecular weight excluding hydrogens is 232 g/mol. The molecule has 0 aliphatic heterocycles. The Labute approximate surface area is 105 Å². The van der Waals surface area contributed by atoms with Gasteiger partial charge in [0.15, 0.2) is 5.13 Å². The molecule has 1 heterocycles. The lowest BCUT2D eigenvalue weighted by Gasteiger charge is -2.53. The van der Waals surface area contributed by atoms with E-state index in [2.05, 4.69) is 4.98 Å². The van der Waals surface area contributed by atoms with E-state index in [0.29, 0.717) is 11.2 Å². The summed E-state index contributed by atoms with van der Waals surface area (Å²) >= 11 is 1.47. The van der Waals surface area contributed by atoms with Crippen LogP contribution in [0.3, 0.4) is 0 Å². The average Bonchev–Trinajstić information content (AvgIpc) is 2.68. The van der Waals surface area contributed by atoms with E-state index < -0.39 is 0 Å². The summed E-state index contributed by atoms with van der Waals surface area (Å²) in [7, 11) is 0. The van der Waals surface area contributed by atoms with Gasteiger partial charge in [0.25, 0.3) is 0 Å². The Hall–Kier alpha value is -0.770. The smallest absolute Gasteiger partial charge is 0.226 e. The highest BCUT2D eigenvalue weighted by Crippen LogP contribution is 2.54. The Morgan fingerprint density at radius 3 is 2.29 bits per heavy atom. The van der Waals surface area contributed by atoms with Gasteiger partial charge in [0.1, 0.15) is 6.10 Å². The van der Waals surface area contributed by atoms with Crippen molar-refractivity contribution in [2.45, 2.75) is 38.2 Å². The summed E-state index contributed by atoms with van der Waals surface area (Å²) in [5.74, 6) is 4.32. The normalized spacial score (nSPS) is 42.9. The molecule has 4 bridgehead atoms. The molecule has 4 aliphatic rings. The van der Waals surface area contributed by atoms with Crippen molar-refractivity contribution in [3.05, 3.63) is 5.38 Å². The van der Waals surface area contributed by atoms with Crippen molar-refractivity contribution in [1.29, 1.82) is 0 Å². The van der Waals surface area contributed by atoms with Crippen LogP contribution in [0.1, 0.15) is 32.1 Å². The first-order valence-electron chi connectivity index (χ1n) is 6.65. The van der Waals surface area contributed by atoms with Crippen LogP contribution >= 0.6 is 11.3 Å². The highest BCUT2D eigenvalue weighted by molar-refractivity contribution is 7.13. The fraction of sp³-hybridized carbons (Fsp3) is 0.769. The Morgan fingerprint density at radius 1 is 1.12 bits per heavy atom. The fourth-order valence-corrected chi connectivity index (χ4v) is 5.01. The van der Waals surface area contributed by atoms with Crippen molar-refractivity contribution < 1.29 is 4.74 Å². The third kappa shape index (κ3) is 1.65. The molecule has 1 aromatic rings. The maximum Gasteiger partial charge on any atom is 0.226 e. The molecule has 4 saturated carbocycles. The van der Waals surface area contributed by atoms with Gasteiger partial charge < -0.3 is 10.5 Å². The molecule has 0 radical (unpaired) electrons. The third-order valence-corrected chi connectivity index (χ3v) is 5.55. The topological polar surface area (TPSA) is 48.1 Å². The van der Waals surface area contributed by atoms with Gasteiger partial charge in [-0.25, -0.2) is 0 Å². The summed E-state index contributed by atoms with van der Waals surface area (Å²) in [6.45, 7) is 0. The number of anilines is 1. The molecule has 0 amide bonds. The molecule has 4 heteroatoms. The van der Waals surface area contributed by atoms with E-state index in [0.717, 1.165) is 29.6 Å². The molecule has 0 aromatic carbocycles. The van der Waals surface area contributed by atoms with Crippen LogP contribution < -0.4 is 10.5 Å². The second-order valence-corrected chi connectivity index (χ2v) is 6.93. The zero-order valence-corrected chi connectivity index (χ0v) is 10.7. The summed E-state index contributed by atoms with van der Waals surface area (Å²) in [4.78, 5) is 4.24. The number of hydrogen-bond donors (Lipinski definition) is 1. The van der Waals surface area contributed by atoms with E-state index in [1.807, 2.05) is 5.38 Å². The number of nitrogens with zero attached hydrogens (tertiary/aromatic N) is 1. The Morgan fingerprint density at radius 2 is 1.76 bits per heavy atom. The Kier molecular flexibility index (Phi) is 2.16. The fourth-order valence-electron chi connectivity index (χ4n) is 4.53. The van der Waals surface area contributed by atoms with Gasteiger partial charge in [-0.1, -0.05) is 0 Å². The average molecular weight is 250 g/mol. The van der Waals surface area contributed by atoms with Crippen LogP contribution in [0, 0.1) is 23.7 Å².